The van der Waals surface area contributed by atoms with Gasteiger partial charge in [-0.3, -0.25) is 9.59 Å². The summed E-state index contributed by atoms with van der Waals surface area (Å²) in [5, 5.41) is 3.17. The Bertz CT molecular complexity index is 775. The minimum Gasteiger partial charge on any atom is -0.349 e. The molecule has 1 aliphatic heterocycles. The number of likely N-dealkylation sites (tertiary alicyclic amines) is 1. The van der Waals surface area contributed by atoms with Crippen molar-refractivity contribution >= 4 is 11.8 Å². The third kappa shape index (κ3) is 3.50. The van der Waals surface area contributed by atoms with Crippen LogP contribution in [0.15, 0.2) is 60.7 Å². The second kappa shape index (κ2) is 7.32. The number of piperidine rings is 1. The number of benzene rings is 2. The molecule has 1 aliphatic carbocycles. The van der Waals surface area contributed by atoms with Gasteiger partial charge < -0.3 is 10.2 Å². The van der Waals surface area contributed by atoms with Crippen LogP contribution in [0.5, 0.6) is 0 Å². The predicted octanol–water partition coefficient (Wildman–Crippen LogP) is 3.04. The molecule has 4 nitrogen and oxygen atoms in total. The van der Waals surface area contributed by atoms with Crippen LogP contribution in [0.1, 0.15) is 35.2 Å². The Morgan fingerprint density at radius 3 is 2.31 bits per heavy atom. The highest BCUT2D eigenvalue weighted by Gasteiger charge is 2.46. The zero-order valence-electron chi connectivity index (χ0n) is 14.8. The summed E-state index contributed by atoms with van der Waals surface area (Å²) in [4.78, 5) is 27.0. The van der Waals surface area contributed by atoms with E-state index in [1.54, 1.807) is 0 Å². The summed E-state index contributed by atoms with van der Waals surface area (Å²) in [6, 6.07) is 20.0. The van der Waals surface area contributed by atoms with E-state index in [4.69, 9.17) is 0 Å². The predicted molar refractivity (Wildman–Crippen MR) is 101 cm³/mol. The van der Waals surface area contributed by atoms with E-state index < -0.39 is 0 Å². The number of rotatable bonds is 5. The van der Waals surface area contributed by atoms with Crippen molar-refractivity contribution in [1.82, 2.24) is 10.2 Å². The summed E-state index contributed by atoms with van der Waals surface area (Å²) >= 11 is 0. The van der Waals surface area contributed by atoms with Crippen LogP contribution >= 0.6 is 0 Å². The molecule has 134 valence electrons. The fraction of sp³-hybridized carbons (Fsp3) is 0.364. The van der Waals surface area contributed by atoms with Gasteiger partial charge in [0.25, 0.3) is 5.91 Å². The van der Waals surface area contributed by atoms with E-state index in [2.05, 4.69) is 17.4 Å². The number of carbonyl (C=O) groups is 2. The number of aryl methyl sites for hydroxylation is 1. The minimum atomic E-state index is -0.00916. The molecule has 2 aliphatic rings. The van der Waals surface area contributed by atoms with Crippen LogP contribution in [-0.4, -0.2) is 35.3 Å². The van der Waals surface area contributed by atoms with E-state index in [9.17, 15) is 9.59 Å². The number of hydrogen-bond donors (Lipinski definition) is 1. The molecule has 0 aromatic heterocycles. The fourth-order valence-corrected chi connectivity index (χ4v) is 4.32. The molecule has 2 bridgehead atoms. The summed E-state index contributed by atoms with van der Waals surface area (Å²) < 4.78 is 0. The van der Waals surface area contributed by atoms with Crippen molar-refractivity contribution in [3.05, 3.63) is 71.8 Å². The van der Waals surface area contributed by atoms with Gasteiger partial charge in [0.05, 0.1) is 0 Å². The van der Waals surface area contributed by atoms with Gasteiger partial charge in [0.1, 0.15) is 0 Å². The van der Waals surface area contributed by atoms with Crippen LogP contribution in [0.2, 0.25) is 0 Å². The van der Waals surface area contributed by atoms with Crippen LogP contribution in [0.4, 0.5) is 0 Å². The molecule has 1 saturated carbocycles. The van der Waals surface area contributed by atoms with Crippen molar-refractivity contribution in [3.63, 3.8) is 0 Å². The number of carbonyl (C=O) groups excluding carboxylic acids is 2. The molecule has 0 radical (unpaired) electrons. The lowest BCUT2D eigenvalue weighted by atomic mass is 10.0. The summed E-state index contributed by atoms with van der Waals surface area (Å²) in [7, 11) is 0. The lowest BCUT2D eigenvalue weighted by molar-refractivity contribution is -0.132. The Balaban J connectivity index is 1.29. The van der Waals surface area contributed by atoms with Crippen LogP contribution in [-0.2, 0) is 11.2 Å². The summed E-state index contributed by atoms with van der Waals surface area (Å²) in [6.45, 7) is 0.776. The summed E-state index contributed by atoms with van der Waals surface area (Å²) in [6.07, 6.45) is 3.24. The lowest BCUT2D eigenvalue weighted by Gasteiger charge is -2.32. The molecular formula is C22H24N2O2. The average molecular weight is 348 g/mol. The standard InChI is InChI=1S/C22H24N2O2/c25-21(12-11-16-7-3-1-4-8-16)24-15-18-13-19(24)14-20(18)23-22(26)17-9-5-2-6-10-17/h1-10,18-20H,11-15H2,(H,23,26). The largest absolute Gasteiger partial charge is 0.349 e. The first-order chi connectivity index (χ1) is 12.7. The average Bonchev–Trinajstić information content (AvgIpc) is 3.28. The van der Waals surface area contributed by atoms with Gasteiger partial charge in [0.15, 0.2) is 0 Å². The molecule has 1 N–H and O–H groups in total. The van der Waals surface area contributed by atoms with Gasteiger partial charge in [0, 0.05) is 30.6 Å². The van der Waals surface area contributed by atoms with Crippen molar-refractivity contribution in [3.8, 4) is 0 Å². The molecule has 2 aromatic carbocycles. The molecule has 4 heteroatoms. The highest BCUT2D eigenvalue weighted by Crippen LogP contribution is 2.38. The maximum Gasteiger partial charge on any atom is 0.251 e. The van der Waals surface area contributed by atoms with E-state index in [0.717, 1.165) is 25.8 Å². The topological polar surface area (TPSA) is 49.4 Å². The van der Waals surface area contributed by atoms with Crippen LogP contribution in [0.25, 0.3) is 0 Å². The number of amides is 2. The number of fused-ring (bicyclic) bond motifs is 2. The number of hydrogen-bond acceptors (Lipinski definition) is 2. The van der Waals surface area contributed by atoms with Crippen LogP contribution < -0.4 is 5.32 Å². The highest BCUT2D eigenvalue weighted by molar-refractivity contribution is 5.94. The molecule has 0 spiro atoms. The maximum absolute atomic E-state index is 12.6. The number of nitrogens with one attached hydrogen (secondary N) is 1. The van der Waals surface area contributed by atoms with E-state index in [1.807, 2.05) is 53.4 Å². The molecule has 1 saturated heterocycles. The molecule has 1 heterocycles. The second-order valence-electron chi connectivity index (χ2n) is 7.36. The summed E-state index contributed by atoms with van der Waals surface area (Å²) in [5.41, 5.74) is 1.91. The Labute approximate surface area is 154 Å². The molecule has 2 aromatic rings. The van der Waals surface area contributed by atoms with Gasteiger partial charge in [0.2, 0.25) is 5.91 Å². The fourth-order valence-electron chi connectivity index (χ4n) is 4.32. The molecule has 26 heavy (non-hydrogen) atoms. The minimum absolute atomic E-state index is 0.00916. The summed E-state index contributed by atoms with van der Waals surface area (Å²) in [5.74, 6) is 0.618. The maximum atomic E-state index is 12.6. The SMILES string of the molecule is O=C(NC1CC2CC1CN2C(=O)CCc1ccccc1)c1ccccc1. The van der Waals surface area contributed by atoms with Crippen LogP contribution in [0.3, 0.4) is 0 Å². The Kier molecular flexibility index (Phi) is 4.74. The van der Waals surface area contributed by atoms with Crippen molar-refractivity contribution in [1.29, 1.82) is 0 Å². The van der Waals surface area contributed by atoms with E-state index in [1.165, 1.54) is 5.56 Å². The molecule has 2 fully saturated rings. The Morgan fingerprint density at radius 1 is 0.962 bits per heavy atom. The monoisotopic (exact) mass is 348 g/mol. The normalized spacial score (nSPS) is 23.8. The van der Waals surface area contributed by atoms with Crippen molar-refractivity contribution in [2.75, 3.05) is 6.54 Å². The van der Waals surface area contributed by atoms with E-state index in [-0.39, 0.29) is 23.9 Å². The van der Waals surface area contributed by atoms with Gasteiger partial charge in [-0.2, -0.15) is 0 Å². The van der Waals surface area contributed by atoms with Gasteiger partial charge in [-0.25, -0.2) is 0 Å². The van der Waals surface area contributed by atoms with Crippen molar-refractivity contribution in [2.24, 2.45) is 5.92 Å². The van der Waals surface area contributed by atoms with Gasteiger partial charge in [-0.05, 0) is 42.9 Å². The van der Waals surface area contributed by atoms with E-state index >= 15 is 0 Å². The zero-order chi connectivity index (χ0) is 17.9. The number of nitrogens with zero attached hydrogens (tertiary/aromatic N) is 1. The van der Waals surface area contributed by atoms with Crippen LogP contribution in [0, 0.1) is 5.92 Å². The molecule has 3 unspecified atom stereocenters. The first-order valence-corrected chi connectivity index (χ1v) is 9.40. The van der Waals surface area contributed by atoms with Crippen molar-refractivity contribution in [2.45, 2.75) is 37.8 Å². The second-order valence-corrected chi connectivity index (χ2v) is 7.36. The zero-order valence-corrected chi connectivity index (χ0v) is 14.8. The molecule has 2 amide bonds. The Hall–Kier alpha value is -2.62. The molecular weight excluding hydrogens is 324 g/mol. The smallest absolute Gasteiger partial charge is 0.251 e. The lowest BCUT2D eigenvalue weighted by Crippen LogP contribution is -2.47. The molecule has 3 atom stereocenters. The van der Waals surface area contributed by atoms with Crippen molar-refractivity contribution < 1.29 is 9.59 Å². The van der Waals surface area contributed by atoms with E-state index in [0.29, 0.717) is 17.9 Å². The van der Waals surface area contributed by atoms with Gasteiger partial charge in [-0.15, -0.1) is 0 Å². The Morgan fingerprint density at radius 2 is 1.65 bits per heavy atom. The molecule has 4 rings (SSSR count). The third-order valence-corrected chi connectivity index (χ3v) is 5.69. The quantitative estimate of drug-likeness (QED) is 0.903. The first-order valence-electron chi connectivity index (χ1n) is 9.40. The third-order valence-electron chi connectivity index (χ3n) is 5.69. The van der Waals surface area contributed by atoms with Gasteiger partial charge >= 0.3 is 0 Å². The highest BCUT2D eigenvalue weighted by atomic mass is 16.2. The first kappa shape index (κ1) is 16.8. The van der Waals surface area contributed by atoms with Gasteiger partial charge in [-0.1, -0.05) is 48.5 Å².